The van der Waals surface area contributed by atoms with Crippen LogP contribution in [0.15, 0.2) is 35.8 Å². The van der Waals surface area contributed by atoms with Crippen molar-refractivity contribution >= 4 is 35.4 Å². The van der Waals surface area contributed by atoms with Gasteiger partial charge in [0, 0.05) is 38.0 Å². The highest BCUT2D eigenvalue weighted by atomic mass is 35.5. The predicted molar refractivity (Wildman–Crippen MR) is 110 cm³/mol. The second-order valence-corrected chi connectivity index (χ2v) is 7.22. The molecule has 4 N–H and O–H groups in total. The van der Waals surface area contributed by atoms with Crippen LogP contribution in [0, 0.1) is 0 Å². The van der Waals surface area contributed by atoms with Gasteiger partial charge in [0.25, 0.3) is 11.8 Å². The minimum Gasteiger partial charge on any atom is -0.352 e. The SMILES string of the molecule is CC(N)/C=N\Nc1cccnc1C(=O)N1CCC(F)(F)C1CNc1ncc(Cl)cn1. The Bertz CT molecular complexity index is 909. The molecule has 2 unspecified atom stereocenters. The average Bonchev–Trinajstić information content (AvgIpc) is 3.01. The molecule has 0 aliphatic carbocycles. The summed E-state index contributed by atoms with van der Waals surface area (Å²) in [6, 6.07) is 1.50. The Balaban J connectivity index is 1.77. The highest BCUT2D eigenvalue weighted by molar-refractivity contribution is 6.30. The predicted octanol–water partition coefficient (Wildman–Crippen LogP) is 2.23. The number of nitrogens with one attached hydrogen (secondary N) is 2. The lowest BCUT2D eigenvalue weighted by molar-refractivity contribution is -0.0249. The molecule has 1 amide bonds. The Morgan fingerprint density at radius 2 is 2.20 bits per heavy atom. The van der Waals surface area contributed by atoms with Gasteiger partial charge in [0.2, 0.25) is 5.95 Å². The number of alkyl halides is 2. The number of pyridine rings is 1. The molecule has 9 nitrogen and oxygen atoms in total. The Hall–Kier alpha value is -2.92. The van der Waals surface area contributed by atoms with Crippen molar-refractivity contribution in [2.75, 3.05) is 23.8 Å². The number of hydrogen-bond acceptors (Lipinski definition) is 8. The molecule has 2 aromatic rings. The Morgan fingerprint density at radius 3 is 2.90 bits per heavy atom. The fourth-order valence-corrected chi connectivity index (χ4v) is 3.04. The number of likely N-dealkylation sites (tertiary alicyclic amines) is 1. The second-order valence-electron chi connectivity index (χ2n) is 6.78. The number of carbonyl (C=O) groups is 1. The van der Waals surface area contributed by atoms with Crippen LogP contribution < -0.4 is 16.5 Å². The molecular weight excluding hydrogens is 418 g/mol. The van der Waals surface area contributed by atoms with Crippen LogP contribution in [-0.2, 0) is 0 Å². The first kappa shape index (κ1) is 21.8. The van der Waals surface area contributed by atoms with Gasteiger partial charge >= 0.3 is 0 Å². The van der Waals surface area contributed by atoms with Crippen molar-refractivity contribution in [1.29, 1.82) is 0 Å². The Morgan fingerprint density at radius 1 is 1.47 bits per heavy atom. The molecule has 3 heterocycles. The van der Waals surface area contributed by atoms with Crippen molar-refractivity contribution in [1.82, 2.24) is 19.9 Å². The van der Waals surface area contributed by atoms with Crippen molar-refractivity contribution in [2.24, 2.45) is 10.8 Å². The summed E-state index contributed by atoms with van der Waals surface area (Å²) >= 11 is 5.73. The first-order chi connectivity index (χ1) is 14.3. The fourth-order valence-electron chi connectivity index (χ4n) is 2.94. The lowest BCUT2D eigenvalue weighted by Crippen LogP contribution is -2.47. The molecule has 1 saturated heterocycles. The Kier molecular flexibility index (Phi) is 6.73. The number of nitrogens with two attached hydrogens (primary N) is 1. The maximum Gasteiger partial charge on any atom is 0.275 e. The van der Waals surface area contributed by atoms with Crippen LogP contribution in [0.5, 0.6) is 0 Å². The van der Waals surface area contributed by atoms with Crippen LogP contribution in [-0.4, -0.2) is 63.1 Å². The van der Waals surface area contributed by atoms with E-state index in [2.05, 4.69) is 30.8 Å². The van der Waals surface area contributed by atoms with Gasteiger partial charge in [0.1, 0.15) is 6.04 Å². The van der Waals surface area contributed by atoms with E-state index in [1.165, 1.54) is 24.8 Å². The van der Waals surface area contributed by atoms with E-state index in [0.717, 1.165) is 4.90 Å². The number of nitrogens with zero attached hydrogens (tertiary/aromatic N) is 5. The number of carbonyl (C=O) groups excluding carboxylic acids is 1. The third kappa shape index (κ3) is 5.16. The second kappa shape index (κ2) is 9.26. The molecule has 0 spiro atoms. The summed E-state index contributed by atoms with van der Waals surface area (Å²) in [4.78, 5) is 26.1. The highest BCUT2D eigenvalue weighted by Crippen LogP contribution is 2.35. The number of aromatic nitrogens is 3. The maximum absolute atomic E-state index is 14.5. The molecular formula is C18H21ClF2N8O. The molecule has 1 aliphatic heterocycles. The molecule has 0 aromatic carbocycles. The van der Waals surface area contributed by atoms with Gasteiger partial charge in [-0.05, 0) is 19.1 Å². The highest BCUT2D eigenvalue weighted by Gasteiger charge is 2.51. The molecule has 12 heteroatoms. The first-order valence-electron chi connectivity index (χ1n) is 9.18. The lowest BCUT2D eigenvalue weighted by Gasteiger charge is -2.28. The van der Waals surface area contributed by atoms with E-state index in [4.69, 9.17) is 17.3 Å². The largest absolute Gasteiger partial charge is 0.352 e. The van der Waals surface area contributed by atoms with Crippen molar-refractivity contribution < 1.29 is 13.6 Å². The van der Waals surface area contributed by atoms with Crippen LogP contribution in [0.3, 0.4) is 0 Å². The van der Waals surface area contributed by atoms with Gasteiger partial charge in [-0.15, -0.1) is 0 Å². The zero-order valence-corrected chi connectivity index (χ0v) is 16.9. The molecule has 0 saturated carbocycles. The van der Waals surface area contributed by atoms with Crippen LogP contribution in [0.2, 0.25) is 5.02 Å². The quantitative estimate of drug-likeness (QED) is 0.447. The van der Waals surface area contributed by atoms with Crippen molar-refractivity contribution in [3.8, 4) is 0 Å². The Labute approximate surface area is 176 Å². The molecule has 2 aromatic heterocycles. The monoisotopic (exact) mass is 438 g/mol. The summed E-state index contributed by atoms with van der Waals surface area (Å²) in [6.07, 6.45) is 5.11. The zero-order valence-electron chi connectivity index (χ0n) is 16.1. The van der Waals surface area contributed by atoms with Gasteiger partial charge < -0.3 is 16.0 Å². The van der Waals surface area contributed by atoms with Crippen LogP contribution >= 0.6 is 11.6 Å². The van der Waals surface area contributed by atoms with Gasteiger partial charge in [-0.3, -0.25) is 10.2 Å². The number of amides is 1. The first-order valence-corrected chi connectivity index (χ1v) is 9.56. The third-order valence-corrected chi connectivity index (χ3v) is 4.58. The molecule has 160 valence electrons. The van der Waals surface area contributed by atoms with Gasteiger partial charge in [-0.1, -0.05) is 11.6 Å². The van der Waals surface area contributed by atoms with Gasteiger partial charge in [0.15, 0.2) is 5.69 Å². The molecule has 30 heavy (non-hydrogen) atoms. The van der Waals surface area contributed by atoms with Crippen LogP contribution in [0.1, 0.15) is 23.8 Å². The summed E-state index contributed by atoms with van der Waals surface area (Å²) in [6.45, 7) is 1.38. The number of rotatable bonds is 7. The molecule has 1 fully saturated rings. The molecule has 3 rings (SSSR count). The minimum absolute atomic E-state index is 0.00947. The van der Waals surface area contributed by atoms with E-state index in [1.807, 2.05) is 0 Å². The van der Waals surface area contributed by atoms with Crippen LogP contribution in [0.25, 0.3) is 0 Å². The fraction of sp³-hybridized carbons (Fsp3) is 0.389. The molecule has 0 radical (unpaired) electrons. The standard InChI is InChI=1S/C18H21ClF2N8O/c1-11(22)7-27-28-13-3-2-5-23-15(13)16(30)29-6-4-18(20,21)14(29)10-26-17-24-8-12(19)9-25-17/h2-3,5,7-9,11,14,28H,4,6,10,22H2,1H3,(H,24,25,26)/b27-7-. The minimum atomic E-state index is -3.08. The van der Waals surface area contributed by atoms with E-state index in [-0.39, 0.29) is 30.8 Å². The van der Waals surface area contributed by atoms with Gasteiger partial charge in [-0.2, -0.15) is 5.10 Å². The lowest BCUT2D eigenvalue weighted by atomic mass is 10.1. The van der Waals surface area contributed by atoms with Gasteiger partial charge in [-0.25, -0.2) is 23.7 Å². The van der Waals surface area contributed by atoms with E-state index < -0.39 is 24.3 Å². The smallest absolute Gasteiger partial charge is 0.275 e. The van der Waals surface area contributed by atoms with Crippen molar-refractivity contribution in [2.45, 2.75) is 31.4 Å². The molecule has 2 atom stereocenters. The average molecular weight is 439 g/mol. The summed E-state index contributed by atoms with van der Waals surface area (Å²) < 4.78 is 29.0. The molecule has 1 aliphatic rings. The zero-order chi connectivity index (χ0) is 21.7. The topological polar surface area (TPSA) is 121 Å². The summed E-state index contributed by atoms with van der Waals surface area (Å²) in [5, 5.41) is 7.01. The number of hydrazone groups is 1. The maximum atomic E-state index is 14.5. The van der Waals surface area contributed by atoms with Crippen molar-refractivity contribution in [3.63, 3.8) is 0 Å². The van der Waals surface area contributed by atoms with E-state index in [9.17, 15) is 13.6 Å². The number of hydrogen-bond donors (Lipinski definition) is 3. The van der Waals surface area contributed by atoms with E-state index >= 15 is 0 Å². The van der Waals surface area contributed by atoms with E-state index in [1.54, 1.807) is 19.1 Å². The summed E-state index contributed by atoms with van der Waals surface area (Å²) in [5.74, 6) is -3.57. The number of halogens is 3. The summed E-state index contributed by atoms with van der Waals surface area (Å²) in [5.41, 5.74) is 8.58. The summed E-state index contributed by atoms with van der Waals surface area (Å²) in [7, 11) is 0. The van der Waals surface area contributed by atoms with Crippen molar-refractivity contribution in [3.05, 3.63) is 41.4 Å². The molecule has 0 bridgehead atoms. The van der Waals surface area contributed by atoms with E-state index in [0.29, 0.717) is 10.7 Å². The normalized spacial score (nSPS) is 19.1. The van der Waals surface area contributed by atoms with Gasteiger partial charge in [0.05, 0.1) is 23.1 Å². The number of anilines is 2. The van der Waals surface area contributed by atoms with Crippen LogP contribution in [0.4, 0.5) is 20.4 Å². The third-order valence-electron chi connectivity index (χ3n) is 4.39.